The van der Waals surface area contributed by atoms with E-state index in [0.29, 0.717) is 18.7 Å². The molecule has 0 aliphatic heterocycles. The molecule has 1 aromatic heterocycles. The van der Waals surface area contributed by atoms with Crippen LogP contribution in [0.15, 0.2) is 5.03 Å². The zero-order valence-electron chi connectivity index (χ0n) is 12.4. The summed E-state index contributed by atoms with van der Waals surface area (Å²) in [5.41, 5.74) is 1.57. The Morgan fingerprint density at radius 1 is 1.35 bits per heavy atom. The van der Waals surface area contributed by atoms with Crippen molar-refractivity contribution in [3.63, 3.8) is 0 Å². The maximum atomic E-state index is 12.4. The number of hydrogen-bond donors (Lipinski definition) is 3. The van der Waals surface area contributed by atoms with Crippen molar-refractivity contribution in [3.8, 4) is 0 Å². The predicted molar refractivity (Wildman–Crippen MR) is 77.9 cm³/mol. The molecule has 1 aromatic rings. The van der Waals surface area contributed by atoms with Crippen molar-refractivity contribution < 1.29 is 8.42 Å². The van der Waals surface area contributed by atoms with Crippen LogP contribution in [-0.2, 0) is 16.6 Å². The maximum Gasteiger partial charge on any atom is 0.260 e. The molecule has 2 rings (SSSR count). The number of aryl methyl sites for hydroxylation is 1. The van der Waals surface area contributed by atoms with Crippen LogP contribution in [0.1, 0.15) is 43.9 Å². The van der Waals surface area contributed by atoms with Crippen molar-refractivity contribution in [1.29, 1.82) is 0 Å². The van der Waals surface area contributed by atoms with Gasteiger partial charge >= 0.3 is 0 Å². The van der Waals surface area contributed by atoms with E-state index >= 15 is 0 Å². The molecule has 0 atom stereocenters. The van der Waals surface area contributed by atoms with Gasteiger partial charge in [0.05, 0.1) is 0 Å². The Balaban J connectivity index is 2.14. The van der Waals surface area contributed by atoms with Gasteiger partial charge in [-0.1, -0.05) is 19.8 Å². The largest absolute Gasteiger partial charge is 0.316 e. The Hall–Kier alpha value is -0.920. The average molecular weight is 300 g/mol. The van der Waals surface area contributed by atoms with Crippen LogP contribution in [-0.4, -0.2) is 32.2 Å². The lowest BCUT2D eigenvalue weighted by Crippen LogP contribution is -2.34. The molecular formula is C13H24N4O2S. The maximum absolute atomic E-state index is 12.4. The first kappa shape index (κ1) is 15.5. The number of nitrogens with zero attached hydrogens (tertiary/aromatic N) is 1. The monoisotopic (exact) mass is 300 g/mol. The van der Waals surface area contributed by atoms with Gasteiger partial charge in [-0.3, -0.25) is 5.10 Å². The molecule has 114 valence electrons. The number of nitrogens with one attached hydrogen (secondary N) is 3. The van der Waals surface area contributed by atoms with Crippen molar-refractivity contribution in [3.05, 3.63) is 11.3 Å². The molecule has 0 bridgehead atoms. The highest BCUT2D eigenvalue weighted by atomic mass is 32.2. The fourth-order valence-corrected chi connectivity index (χ4v) is 4.17. The van der Waals surface area contributed by atoms with Crippen molar-refractivity contribution in [2.24, 2.45) is 5.41 Å². The minimum Gasteiger partial charge on any atom is -0.316 e. The third-order valence-electron chi connectivity index (χ3n) is 4.14. The topological polar surface area (TPSA) is 86.9 Å². The van der Waals surface area contributed by atoms with Gasteiger partial charge in [-0.25, -0.2) is 13.1 Å². The molecule has 6 nitrogen and oxygen atoms in total. The summed E-state index contributed by atoms with van der Waals surface area (Å²) in [4.78, 5) is 0. The van der Waals surface area contributed by atoms with Crippen LogP contribution >= 0.6 is 0 Å². The van der Waals surface area contributed by atoms with E-state index in [-0.39, 0.29) is 10.4 Å². The second-order valence-electron chi connectivity index (χ2n) is 6.00. The summed E-state index contributed by atoms with van der Waals surface area (Å²) in [7, 11) is -1.76. The number of aromatic amines is 1. The van der Waals surface area contributed by atoms with Crippen molar-refractivity contribution >= 4 is 10.0 Å². The summed E-state index contributed by atoms with van der Waals surface area (Å²) in [5, 5.41) is 9.81. The lowest BCUT2D eigenvalue weighted by Gasteiger charge is -2.23. The summed E-state index contributed by atoms with van der Waals surface area (Å²) in [6.07, 6.45) is 4.53. The van der Waals surface area contributed by atoms with Crippen LogP contribution in [0.4, 0.5) is 0 Å². The van der Waals surface area contributed by atoms with E-state index in [9.17, 15) is 8.42 Å². The number of aromatic nitrogens is 2. The van der Waals surface area contributed by atoms with Crippen LogP contribution in [0.3, 0.4) is 0 Å². The molecule has 1 aliphatic rings. The molecule has 1 saturated carbocycles. The number of rotatable bonds is 6. The molecule has 1 aliphatic carbocycles. The van der Waals surface area contributed by atoms with Gasteiger partial charge in [0.1, 0.15) is 0 Å². The summed E-state index contributed by atoms with van der Waals surface area (Å²) in [5.74, 6) is 0. The van der Waals surface area contributed by atoms with E-state index < -0.39 is 10.0 Å². The van der Waals surface area contributed by atoms with Crippen molar-refractivity contribution in [2.75, 3.05) is 13.6 Å². The standard InChI is InChI=1S/C13H24N4O2S/c1-10-11(8-14-3)12(17-16-10)20(18,19)15-9-13(2)6-4-5-7-13/h14-15H,4-9H2,1-3H3,(H,16,17). The quantitative estimate of drug-likeness (QED) is 0.739. The van der Waals surface area contributed by atoms with E-state index in [1.165, 1.54) is 12.8 Å². The highest BCUT2D eigenvalue weighted by Gasteiger charge is 2.31. The normalized spacial score (nSPS) is 18.6. The Kier molecular flexibility index (Phi) is 4.51. The minimum absolute atomic E-state index is 0.0849. The second-order valence-corrected chi connectivity index (χ2v) is 7.69. The molecule has 0 amide bonds. The fraction of sp³-hybridized carbons (Fsp3) is 0.769. The molecule has 1 heterocycles. The van der Waals surface area contributed by atoms with E-state index in [2.05, 4.69) is 27.2 Å². The van der Waals surface area contributed by atoms with E-state index in [1.807, 2.05) is 6.92 Å². The van der Waals surface area contributed by atoms with Gasteiger partial charge in [0, 0.05) is 24.3 Å². The molecule has 0 saturated heterocycles. The third-order valence-corrected chi connectivity index (χ3v) is 5.51. The van der Waals surface area contributed by atoms with Crippen LogP contribution in [0.2, 0.25) is 0 Å². The Labute approximate surface area is 120 Å². The van der Waals surface area contributed by atoms with Crippen LogP contribution < -0.4 is 10.0 Å². The highest BCUT2D eigenvalue weighted by Crippen LogP contribution is 2.37. The lowest BCUT2D eigenvalue weighted by atomic mass is 9.89. The van der Waals surface area contributed by atoms with Gasteiger partial charge in [-0.15, -0.1) is 0 Å². The first-order chi connectivity index (χ1) is 9.38. The number of H-pyrrole nitrogens is 1. The van der Waals surface area contributed by atoms with Crippen LogP contribution in [0.5, 0.6) is 0 Å². The summed E-state index contributed by atoms with van der Waals surface area (Å²) in [6.45, 7) is 4.94. The molecule has 0 unspecified atom stereocenters. The minimum atomic E-state index is -3.55. The molecule has 20 heavy (non-hydrogen) atoms. The Morgan fingerprint density at radius 2 is 2.00 bits per heavy atom. The summed E-state index contributed by atoms with van der Waals surface area (Å²) >= 11 is 0. The van der Waals surface area contributed by atoms with Gasteiger partial charge in [0.15, 0.2) is 5.03 Å². The van der Waals surface area contributed by atoms with Crippen molar-refractivity contribution in [1.82, 2.24) is 20.2 Å². The fourth-order valence-electron chi connectivity index (χ4n) is 2.78. The zero-order valence-corrected chi connectivity index (χ0v) is 13.2. The molecule has 0 aromatic carbocycles. The highest BCUT2D eigenvalue weighted by molar-refractivity contribution is 7.89. The molecule has 0 radical (unpaired) electrons. The number of sulfonamides is 1. The first-order valence-electron chi connectivity index (χ1n) is 7.06. The molecular weight excluding hydrogens is 276 g/mol. The van der Waals surface area contributed by atoms with Gasteiger partial charge < -0.3 is 5.32 Å². The molecule has 1 fully saturated rings. The Bertz CT molecular complexity index is 559. The van der Waals surface area contributed by atoms with Gasteiger partial charge in [-0.2, -0.15) is 5.10 Å². The van der Waals surface area contributed by atoms with E-state index in [1.54, 1.807) is 7.05 Å². The van der Waals surface area contributed by atoms with Gasteiger partial charge in [0.2, 0.25) is 0 Å². The summed E-state index contributed by atoms with van der Waals surface area (Å²) in [6, 6.07) is 0. The third kappa shape index (κ3) is 3.21. The van der Waals surface area contributed by atoms with Crippen LogP contribution in [0.25, 0.3) is 0 Å². The first-order valence-corrected chi connectivity index (χ1v) is 8.54. The van der Waals surface area contributed by atoms with Crippen molar-refractivity contribution in [2.45, 2.75) is 51.1 Å². The van der Waals surface area contributed by atoms with E-state index in [4.69, 9.17) is 0 Å². The molecule has 0 spiro atoms. The van der Waals surface area contributed by atoms with Gasteiger partial charge in [-0.05, 0) is 32.2 Å². The van der Waals surface area contributed by atoms with E-state index in [0.717, 1.165) is 18.5 Å². The smallest absolute Gasteiger partial charge is 0.260 e. The van der Waals surface area contributed by atoms with Crippen LogP contribution in [0, 0.1) is 12.3 Å². The molecule has 7 heteroatoms. The predicted octanol–water partition coefficient (Wildman–Crippen LogP) is 1.30. The number of hydrogen-bond acceptors (Lipinski definition) is 4. The molecule has 3 N–H and O–H groups in total. The average Bonchev–Trinajstić information content (AvgIpc) is 2.97. The SMILES string of the molecule is CNCc1c(S(=O)(=O)NCC2(C)CCCC2)n[nH]c1C. The zero-order chi connectivity index (χ0) is 14.8. The lowest BCUT2D eigenvalue weighted by molar-refractivity contribution is 0.336. The van der Waals surface area contributed by atoms with Gasteiger partial charge in [0.25, 0.3) is 10.0 Å². The summed E-state index contributed by atoms with van der Waals surface area (Å²) < 4.78 is 27.6. The Morgan fingerprint density at radius 3 is 2.60 bits per heavy atom. The second kappa shape index (κ2) is 5.83.